The van der Waals surface area contributed by atoms with Crippen molar-refractivity contribution in [3.8, 4) is 6.07 Å². The number of nitrogens with zero attached hydrogens (tertiary/aromatic N) is 4. The first-order chi connectivity index (χ1) is 8.54. The van der Waals surface area contributed by atoms with Crippen molar-refractivity contribution < 1.29 is 4.92 Å². The van der Waals surface area contributed by atoms with E-state index in [1.807, 2.05) is 20.2 Å². The van der Waals surface area contributed by atoms with Gasteiger partial charge in [-0.1, -0.05) is 0 Å². The monoisotopic (exact) mass is 249 g/mol. The van der Waals surface area contributed by atoms with Gasteiger partial charge in [-0.25, -0.2) is 4.98 Å². The maximum atomic E-state index is 10.5. The SMILES string of the molecule is CN(C)CCCNc1ncc([N+](=O)[O-])cc1C#N. The van der Waals surface area contributed by atoms with Crippen LogP contribution in [0.15, 0.2) is 12.3 Å². The summed E-state index contributed by atoms with van der Waals surface area (Å²) in [7, 11) is 3.95. The second-order valence-corrected chi connectivity index (χ2v) is 4.04. The molecular formula is C11H15N5O2. The lowest BCUT2D eigenvalue weighted by atomic mass is 10.2. The Morgan fingerprint density at radius 3 is 2.89 bits per heavy atom. The quantitative estimate of drug-likeness (QED) is 0.462. The number of aromatic nitrogens is 1. The van der Waals surface area contributed by atoms with Gasteiger partial charge in [-0.15, -0.1) is 0 Å². The van der Waals surface area contributed by atoms with Gasteiger partial charge in [-0.2, -0.15) is 5.26 Å². The molecule has 1 heterocycles. The average Bonchev–Trinajstić information content (AvgIpc) is 2.34. The van der Waals surface area contributed by atoms with Crippen LogP contribution in [0.25, 0.3) is 0 Å². The largest absolute Gasteiger partial charge is 0.369 e. The normalized spacial score (nSPS) is 10.1. The van der Waals surface area contributed by atoms with Crippen molar-refractivity contribution in [2.24, 2.45) is 0 Å². The first-order valence-electron chi connectivity index (χ1n) is 5.47. The zero-order valence-electron chi connectivity index (χ0n) is 10.4. The lowest BCUT2D eigenvalue weighted by Crippen LogP contribution is -2.17. The van der Waals surface area contributed by atoms with Gasteiger partial charge < -0.3 is 10.2 Å². The average molecular weight is 249 g/mol. The van der Waals surface area contributed by atoms with Gasteiger partial charge in [0.15, 0.2) is 0 Å². The first-order valence-corrected chi connectivity index (χ1v) is 5.47. The molecule has 0 saturated heterocycles. The Morgan fingerprint density at radius 1 is 1.61 bits per heavy atom. The zero-order chi connectivity index (χ0) is 13.5. The van der Waals surface area contributed by atoms with Gasteiger partial charge in [0.25, 0.3) is 5.69 Å². The second-order valence-electron chi connectivity index (χ2n) is 4.04. The third kappa shape index (κ3) is 3.99. The van der Waals surface area contributed by atoms with E-state index >= 15 is 0 Å². The molecule has 0 bridgehead atoms. The number of pyridine rings is 1. The number of nitrogens with one attached hydrogen (secondary N) is 1. The Bertz CT molecular complexity index is 467. The van der Waals surface area contributed by atoms with Crippen LogP contribution >= 0.6 is 0 Å². The Labute approximate surface area is 105 Å². The minimum Gasteiger partial charge on any atom is -0.369 e. The molecule has 1 N–H and O–H groups in total. The summed E-state index contributed by atoms with van der Waals surface area (Å²) in [6.45, 7) is 1.58. The molecule has 0 fully saturated rings. The fourth-order valence-electron chi connectivity index (χ4n) is 1.38. The van der Waals surface area contributed by atoms with Crippen molar-refractivity contribution in [3.63, 3.8) is 0 Å². The van der Waals surface area contributed by atoms with Gasteiger partial charge in [0.05, 0.1) is 4.92 Å². The Hall–Kier alpha value is -2.20. The summed E-state index contributed by atoms with van der Waals surface area (Å²) < 4.78 is 0. The van der Waals surface area contributed by atoms with E-state index in [2.05, 4.69) is 15.2 Å². The summed E-state index contributed by atoms with van der Waals surface area (Å²) in [6, 6.07) is 3.12. The first kappa shape index (κ1) is 13.9. The molecule has 96 valence electrons. The molecule has 0 unspecified atom stereocenters. The molecule has 1 aromatic heterocycles. The molecule has 1 rings (SSSR count). The molecule has 0 aromatic carbocycles. The van der Waals surface area contributed by atoms with Gasteiger partial charge in [0.1, 0.15) is 23.6 Å². The Kier molecular flexibility index (Phi) is 5.02. The van der Waals surface area contributed by atoms with Crippen LogP contribution in [-0.2, 0) is 0 Å². The smallest absolute Gasteiger partial charge is 0.289 e. The molecule has 0 aliphatic heterocycles. The van der Waals surface area contributed by atoms with Crippen LogP contribution in [0.4, 0.5) is 11.5 Å². The summed E-state index contributed by atoms with van der Waals surface area (Å²) in [5.41, 5.74) is 0.0134. The summed E-state index contributed by atoms with van der Waals surface area (Å²) in [4.78, 5) is 15.9. The maximum absolute atomic E-state index is 10.5. The highest BCUT2D eigenvalue weighted by Crippen LogP contribution is 2.17. The second kappa shape index (κ2) is 6.51. The molecule has 0 spiro atoms. The number of anilines is 1. The number of hydrogen-bond acceptors (Lipinski definition) is 6. The van der Waals surface area contributed by atoms with Crippen molar-refractivity contribution in [1.82, 2.24) is 9.88 Å². The molecular weight excluding hydrogens is 234 g/mol. The predicted molar refractivity (Wildman–Crippen MR) is 67.3 cm³/mol. The minimum absolute atomic E-state index is 0.176. The summed E-state index contributed by atoms with van der Waals surface area (Å²) in [6.07, 6.45) is 2.05. The molecule has 0 radical (unpaired) electrons. The highest BCUT2D eigenvalue weighted by atomic mass is 16.6. The fraction of sp³-hybridized carbons (Fsp3) is 0.455. The Balaban J connectivity index is 2.66. The van der Waals surface area contributed by atoms with Crippen LogP contribution in [0.5, 0.6) is 0 Å². The topological polar surface area (TPSA) is 95.1 Å². The molecule has 0 atom stereocenters. The van der Waals surface area contributed by atoms with Crippen LogP contribution in [0.1, 0.15) is 12.0 Å². The van der Waals surface area contributed by atoms with E-state index in [0.29, 0.717) is 12.4 Å². The van der Waals surface area contributed by atoms with E-state index in [-0.39, 0.29) is 11.3 Å². The third-order valence-electron chi connectivity index (χ3n) is 2.28. The van der Waals surface area contributed by atoms with Gasteiger partial charge in [-0.3, -0.25) is 10.1 Å². The standard InChI is InChI=1S/C11H15N5O2/c1-15(2)5-3-4-13-11-9(7-12)6-10(8-14-11)16(17)18/h6,8H,3-5H2,1-2H3,(H,13,14). The number of nitriles is 1. The van der Waals surface area contributed by atoms with Gasteiger partial charge in [-0.05, 0) is 27.1 Å². The van der Waals surface area contributed by atoms with E-state index in [1.165, 1.54) is 6.07 Å². The van der Waals surface area contributed by atoms with E-state index in [1.54, 1.807) is 0 Å². The van der Waals surface area contributed by atoms with Crippen molar-refractivity contribution in [2.75, 3.05) is 32.5 Å². The van der Waals surface area contributed by atoms with Crippen LogP contribution in [0.3, 0.4) is 0 Å². The highest BCUT2D eigenvalue weighted by Gasteiger charge is 2.11. The van der Waals surface area contributed by atoms with Crippen molar-refractivity contribution >= 4 is 11.5 Å². The molecule has 18 heavy (non-hydrogen) atoms. The molecule has 0 aliphatic carbocycles. The molecule has 7 nitrogen and oxygen atoms in total. The maximum Gasteiger partial charge on any atom is 0.289 e. The minimum atomic E-state index is -0.566. The number of nitro groups is 1. The van der Waals surface area contributed by atoms with E-state index in [9.17, 15) is 10.1 Å². The molecule has 0 aliphatic rings. The van der Waals surface area contributed by atoms with E-state index < -0.39 is 4.92 Å². The van der Waals surface area contributed by atoms with Crippen LogP contribution < -0.4 is 5.32 Å². The van der Waals surface area contributed by atoms with Gasteiger partial charge in [0, 0.05) is 12.6 Å². The molecule has 0 amide bonds. The fourth-order valence-corrected chi connectivity index (χ4v) is 1.38. The zero-order valence-corrected chi connectivity index (χ0v) is 10.4. The van der Waals surface area contributed by atoms with Crippen molar-refractivity contribution in [3.05, 3.63) is 27.9 Å². The Morgan fingerprint density at radius 2 is 2.33 bits per heavy atom. The highest BCUT2D eigenvalue weighted by molar-refractivity contribution is 5.55. The lowest BCUT2D eigenvalue weighted by molar-refractivity contribution is -0.385. The third-order valence-corrected chi connectivity index (χ3v) is 2.28. The van der Waals surface area contributed by atoms with Crippen LogP contribution in [0, 0.1) is 21.4 Å². The summed E-state index contributed by atoms with van der Waals surface area (Å²) >= 11 is 0. The number of hydrogen-bond donors (Lipinski definition) is 1. The van der Waals surface area contributed by atoms with Gasteiger partial charge >= 0.3 is 0 Å². The van der Waals surface area contributed by atoms with Gasteiger partial charge in [0.2, 0.25) is 0 Å². The van der Waals surface area contributed by atoms with Crippen molar-refractivity contribution in [2.45, 2.75) is 6.42 Å². The molecule has 7 heteroatoms. The molecule has 1 aromatic rings. The van der Waals surface area contributed by atoms with Crippen LogP contribution in [0.2, 0.25) is 0 Å². The van der Waals surface area contributed by atoms with E-state index in [4.69, 9.17) is 5.26 Å². The molecule has 0 saturated carbocycles. The summed E-state index contributed by atoms with van der Waals surface area (Å²) in [5.74, 6) is 0.391. The lowest BCUT2D eigenvalue weighted by Gasteiger charge is -2.10. The van der Waals surface area contributed by atoms with Crippen LogP contribution in [-0.4, -0.2) is 42.0 Å². The predicted octanol–water partition coefficient (Wildman–Crippen LogP) is 1.23. The number of rotatable bonds is 6. The van der Waals surface area contributed by atoms with Crippen molar-refractivity contribution in [1.29, 1.82) is 5.26 Å². The summed E-state index contributed by atoms with van der Waals surface area (Å²) in [5, 5.41) is 22.5. The van der Waals surface area contributed by atoms with E-state index in [0.717, 1.165) is 19.2 Å².